The molecule has 0 radical (unpaired) electrons. The highest BCUT2D eigenvalue weighted by atomic mass is 32.2. The first-order valence-corrected chi connectivity index (χ1v) is 11.8. The van der Waals surface area contributed by atoms with E-state index in [2.05, 4.69) is 20.0 Å². The van der Waals surface area contributed by atoms with Gasteiger partial charge in [-0.05, 0) is 31.0 Å². The Morgan fingerprint density at radius 1 is 1.06 bits per heavy atom. The van der Waals surface area contributed by atoms with E-state index in [4.69, 9.17) is 0 Å². The van der Waals surface area contributed by atoms with Crippen LogP contribution in [0.25, 0.3) is 11.3 Å². The molecule has 0 saturated carbocycles. The lowest BCUT2D eigenvalue weighted by atomic mass is 10.2. The molecule has 3 aromatic rings. The molecule has 0 aliphatic carbocycles. The Hall–Kier alpha value is -3.30. The van der Waals surface area contributed by atoms with Crippen LogP contribution in [-0.4, -0.2) is 36.6 Å². The zero-order chi connectivity index (χ0) is 23.1. The van der Waals surface area contributed by atoms with Crippen molar-refractivity contribution in [1.29, 1.82) is 0 Å². The third kappa shape index (κ3) is 5.89. The molecule has 0 spiro atoms. The van der Waals surface area contributed by atoms with Crippen molar-refractivity contribution in [3.63, 3.8) is 0 Å². The van der Waals surface area contributed by atoms with E-state index in [-0.39, 0.29) is 35.6 Å². The van der Waals surface area contributed by atoms with Crippen LogP contribution in [0, 0.1) is 0 Å². The lowest BCUT2D eigenvalue weighted by Gasteiger charge is -2.15. The smallest absolute Gasteiger partial charge is 0.240 e. The Kier molecular flexibility index (Phi) is 7.55. The molecular formula is C23H26N4O4S. The average molecular weight is 455 g/mol. The number of ketones is 1. The van der Waals surface area contributed by atoms with Crippen LogP contribution < -0.4 is 10.0 Å². The second kappa shape index (κ2) is 10.3. The SMILES string of the molecule is CCC(NC(=O)CCNS(=O)(=O)c1ccc(C(C)=O)cc1)c1ncc(-c2ccccc2)[nH]1. The molecule has 8 nitrogen and oxygen atoms in total. The number of sulfonamides is 1. The van der Waals surface area contributed by atoms with Crippen molar-refractivity contribution in [3.8, 4) is 11.3 Å². The van der Waals surface area contributed by atoms with E-state index >= 15 is 0 Å². The fourth-order valence-corrected chi connectivity index (χ4v) is 4.19. The monoisotopic (exact) mass is 454 g/mol. The van der Waals surface area contributed by atoms with Crippen molar-refractivity contribution in [2.75, 3.05) is 6.54 Å². The first-order valence-electron chi connectivity index (χ1n) is 10.3. The third-order valence-electron chi connectivity index (χ3n) is 4.97. The highest BCUT2D eigenvalue weighted by Crippen LogP contribution is 2.20. The molecule has 168 valence electrons. The van der Waals surface area contributed by atoms with Crippen molar-refractivity contribution < 1.29 is 18.0 Å². The number of amides is 1. The number of aromatic amines is 1. The number of imidazole rings is 1. The van der Waals surface area contributed by atoms with Gasteiger partial charge >= 0.3 is 0 Å². The van der Waals surface area contributed by atoms with Crippen LogP contribution in [0.4, 0.5) is 0 Å². The summed E-state index contributed by atoms with van der Waals surface area (Å²) < 4.78 is 27.2. The predicted octanol–water partition coefficient (Wildman–Crippen LogP) is 3.22. The van der Waals surface area contributed by atoms with Crippen molar-refractivity contribution in [2.24, 2.45) is 0 Å². The van der Waals surface area contributed by atoms with E-state index < -0.39 is 10.0 Å². The van der Waals surface area contributed by atoms with Crippen LogP contribution in [0.5, 0.6) is 0 Å². The number of nitrogens with one attached hydrogen (secondary N) is 3. The van der Waals surface area contributed by atoms with Gasteiger partial charge in [-0.15, -0.1) is 0 Å². The van der Waals surface area contributed by atoms with Gasteiger partial charge in [0.25, 0.3) is 0 Å². The van der Waals surface area contributed by atoms with Crippen LogP contribution >= 0.6 is 0 Å². The summed E-state index contributed by atoms with van der Waals surface area (Å²) in [6, 6.07) is 15.1. The maximum absolute atomic E-state index is 12.4. The maximum atomic E-state index is 12.4. The topological polar surface area (TPSA) is 121 Å². The van der Waals surface area contributed by atoms with Gasteiger partial charge in [-0.25, -0.2) is 18.1 Å². The molecule has 0 aliphatic heterocycles. The second-order valence-electron chi connectivity index (χ2n) is 7.30. The van der Waals surface area contributed by atoms with Crippen LogP contribution in [-0.2, 0) is 14.8 Å². The number of aromatic nitrogens is 2. The van der Waals surface area contributed by atoms with Crippen LogP contribution in [0.1, 0.15) is 48.9 Å². The van der Waals surface area contributed by atoms with Gasteiger partial charge in [-0.3, -0.25) is 9.59 Å². The van der Waals surface area contributed by atoms with Gasteiger partial charge in [-0.2, -0.15) is 0 Å². The molecular weight excluding hydrogens is 428 g/mol. The summed E-state index contributed by atoms with van der Waals surface area (Å²) in [4.78, 5) is 31.4. The number of benzene rings is 2. The molecule has 1 unspecified atom stereocenters. The highest BCUT2D eigenvalue weighted by molar-refractivity contribution is 7.89. The van der Waals surface area contributed by atoms with Gasteiger partial charge < -0.3 is 10.3 Å². The Labute approximate surface area is 187 Å². The Balaban J connectivity index is 1.54. The average Bonchev–Trinajstić information content (AvgIpc) is 3.28. The summed E-state index contributed by atoms with van der Waals surface area (Å²) in [5, 5.41) is 2.89. The number of nitrogens with zero attached hydrogens (tertiary/aromatic N) is 1. The first-order chi connectivity index (χ1) is 15.3. The number of Topliss-reactive ketones (excluding diaryl/α,β-unsaturated/α-hetero) is 1. The predicted molar refractivity (Wildman–Crippen MR) is 121 cm³/mol. The Morgan fingerprint density at radius 3 is 2.38 bits per heavy atom. The largest absolute Gasteiger partial charge is 0.346 e. The fourth-order valence-electron chi connectivity index (χ4n) is 3.16. The molecule has 1 amide bonds. The fraction of sp³-hybridized carbons (Fsp3) is 0.261. The minimum absolute atomic E-state index is 0.0203. The first kappa shape index (κ1) is 23.4. The molecule has 3 rings (SSSR count). The van der Waals surface area contributed by atoms with E-state index in [1.54, 1.807) is 6.20 Å². The summed E-state index contributed by atoms with van der Waals surface area (Å²) in [7, 11) is -3.77. The molecule has 0 bridgehead atoms. The number of carbonyl (C=O) groups excluding carboxylic acids is 2. The molecule has 0 aliphatic rings. The van der Waals surface area contributed by atoms with Crippen molar-refractivity contribution >= 4 is 21.7 Å². The quantitative estimate of drug-likeness (QED) is 0.406. The van der Waals surface area contributed by atoms with E-state index in [1.165, 1.54) is 31.2 Å². The van der Waals surface area contributed by atoms with E-state index in [0.717, 1.165) is 11.3 Å². The molecule has 0 saturated heterocycles. The molecule has 32 heavy (non-hydrogen) atoms. The zero-order valence-electron chi connectivity index (χ0n) is 18.0. The second-order valence-corrected chi connectivity index (χ2v) is 9.07. The summed E-state index contributed by atoms with van der Waals surface area (Å²) in [5.74, 6) is 0.214. The lowest BCUT2D eigenvalue weighted by molar-refractivity contribution is -0.121. The summed E-state index contributed by atoms with van der Waals surface area (Å²) in [5.41, 5.74) is 2.29. The van der Waals surface area contributed by atoms with Crippen molar-refractivity contribution in [1.82, 2.24) is 20.0 Å². The Morgan fingerprint density at radius 2 is 1.75 bits per heavy atom. The van der Waals surface area contributed by atoms with Gasteiger partial charge in [0.05, 0.1) is 22.8 Å². The van der Waals surface area contributed by atoms with Crippen LogP contribution in [0.15, 0.2) is 65.7 Å². The van der Waals surface area contributed by atoms with Crippen molar-refractivity contribution in [2.45, 2.75) is 37.6 Å². The normalized spacial score (nSPS) is 12.3. The van der Waals surface area contributed by atoms with Crippen LogP contribution in [0.3, 0.4) is 0 Å². The Bertz CT molecular complexity index is 1170. The van der Waals surface area contributed by atoms with Gasteiger partial charge in [0.2, 0.25) is 15.9 Å². The molecule has 2 aromatic carbocycles. The highest BCUT2D eigenvalue weighted by Gasteiger charge is 2.18. The molecule has 9 heteroatoms. The minimum atomic E-state index is -3.77. The summed E-state index contributed by atoms with van der Waals surface area (Å²) in [6.45, 7) is 3.30. The molecule has 3 N–H and O–H groups in total. The van der Waals surface area contributed by atoms with Gasteiger partial charge in [0.15, 0.2) is 5.78 Å². The van der Waals surface area contributed by atoms with Gasteiger partial charge in [0, 0.05) is 18.5 Å². The number of H-pyrrole nitrogens is 1. The maximum Gasteiger partial charge on any atom is 0.240 e. The van der Waals surface area contributed by atoms with E-state index in [1.807, 2.05) is 37.3 Å². The van der Waals surface area contributed by atoms with Gasteiger partial charge in [0.1, 0.15) is 5.82 Å². The number of hydrogen-bond donors (Lipinski definition) is 3. The standard InChI is InChI=1S/C23H26N4O4S/c1-3-20(23-24-15-21(27-23)18-7-5-4-6-8-18)26-22(29)13-14-25-32(30,31)19-11-9-17(10-12-19)16(2)28/h4-12,15,20,25H,3,13-14H2,1-2H3,(H,24,27)(H,26,29). The van der Waals surface area contributed by atoms with E-state index in [9.17, 15) is 18.0 Å². The van der Waals surface area contributed by atoms with Gasteiger partial charge in [-0.1, -0.05) is 49.4 Å². The van der Waals surface area contributed by atoms with E-state index in [0.29, 0.717) is 17.8 Å². The number of rotatable bonds is 10. The van der Waals surface area contributed by atoms with Crippen LogP contribution in [0.2, 0.25) is 0 Å². The molecule has 1 heterocycles. The number of hydrogen-bond acceptors (Lipinski definition) is 5. The molecule has 1 atom stereocenters. The molecule has 0 fully saturated rings. The minimum Gasteiger partial charge on any atom is -0.346 e. The summed E-state index contributed by atoms with van der Waals surface area (Å²) >= 11 is 0. The third-order valence-corrected chi connectivity index (χ3v) is 6.45. The zero-order valence-corrected chi connectivity index (χ0v) is 18.8. The van der Waals surface area contributed by atoms with Crippen molar-refractivity contribution in [3.05, 3.63) is 72.2 Å². The summed E-state index contributed by atoms with van der Waals surface area (Å²) in [6.07, 6.45) is 2.33. The number of carbonyl (C=O) groups is 2. The lowest BCUT2D eigenvalue weighted by Crippen LogP contribution is -2.33. The molecule has 1 aromatic heterocycles.